The molecule has 0 atom stereocenters. The Balaban J connectivity index is 3.70. The van der Waals surface area contributed by atoms with Gasteiger partial charge in [0.1, 0.15) is 0 Å². The fraction of sp³-hybridized carbons (Fsp3) is 0.700. The summed E-state index contributed by atoms with van der Waals surface area (Å²) < 4.78 is 5.19. The third-order valence-electron chi connectivity index (χ3n) is 1.71. The molecule has 0 aromatic rings. The second kappa shape index (κ2) is 7.53. The molecule has 0 heterocycles. The number of aliphatic carboxylic acids is 1. The van der Waals surface area contributed by atoms with Crippen molar-refractivity contribution in [1.82, 2.24) is 4.90 Å². The number of carbonyl (C=O) groups is 1. The molecule has 0 saturated carbocycles. The van der Waals surface area contributed by atoms with Crippen LogP contribution in [0.4, 0.5) is 0 Å². The molecule has 82 valence electrons. The summed E-state index contributed by atoms with van der Waals surface area (Å²) in [5.74, 6) is -0.888. The largest absolute Gasteiger partial charge is 0.478 e. The fourth-order valence-electron chi connectivity index (χ4n) is 1.13. The van der Waals surface area contributed by atoms with Gasteiger partial charge in [0.2, 0.25) is 0 Å². The second-order valence-corrected chi connectivity index (χ2v) is 3.26. The number of hydrogen-bond acceptors (Lipinski definition) is 3. The van der Waals surface area contributed by atoms with Crippen molar-refractivity contribution in [2.45, 2.75) is 13.8 Å². The normalized spacial score (nSPS) is 12.1. The van der Waals surface area contributed by atoms with E-state index >= 15 is 0 Å². The topological polar surface area (TPSA) is 49.8 Å². The van der Waals surface area contributed by atoms with Gasteiger partial charge in [-0.3, -0.25) is 0 Å². The van der Waals surface area contributed by atoms with Crippen LogP contribution in [0.5, 0.6) is 0 Å². The van der Waals surface area contributed by atoms with Gasteiger partial charge in [0.05, 0.1) is 6.61 Å². The first-order chi connectivity index (χ1) is 6.56. The van der Waals surface area contributed by atoms with Crippen LogP contribution in [0.3, 0.4) is 0 Å². The van der Waals surface area contributed by atoms with E-state index in [1.54, 1.807) is 0 Å². The van der Waals surface area contributed by atoms with E-state index < -0.39 is 5.97 Å². The predicted octanol–water partition coefficient (Wildman–Crippen LogP) is 0.986. The molecular formula is C10H19NO3. The Morgan fingerprint density at radius 1 is 1.57 bits per heavy atom. The predicted molar refractivity (Wildman–Crippen MR) is 55.4 cm³/mol. The fourth-order valence-corrected chi connectivity index (χ4v) is 1.13. The van der Waals surface area contributed by atoms with Crippen molar-refractivity contribution >= 4 is 5.97 Å². The quantitative estimate of drug-likeness (QED) is 0.493. The molecule has 0 bridgehead atoms. The maximum atomic E-state index is 10.3. The number of carboxylic acid groups (broad SMARTS) is 1. The van der Waals surface area contributed by atoms with Crippen LogP contribution < -0.4 is 0 Å². The summed E-state index contributed by atoms with van der Waals surface area (Å²) in [6.07, 6.45) is 1.23. The lowest BCUT2D eigenvalue weighted by Gasteiger charge is -2.16. The highest BCUT2D eigenvalue weighted by Gasteiger charge is 2.00. The molecule has 0 fully saturated rings. The summed E-state index contributed by atoms with van der Waals surface area (Å²) in [5.41, 5.74) is 0.844. The molecule has 14 heavy (non-hydrogen) atoms. The lowest BCUT2D eigenvalue weighted by atomic mass is 10.2. The van der Waals surface area contributed by atoms with Crippen molar-refractivity contribution in [3.63, 3.8) is 0 Å². The summed E-state index contributed by atoms with van der Waals surface area (Å²) in [4.78, 5) is 12.4. The van der Waals surface area contributed by atoms with Crippen molar-refractivity contribution in [1.29, 1.82) is 0 Å². The minimum atomic E-state index is -0.888. The molecule has 0 saturated heterocycles. The molecule has 0 amide bonds. The first-order valence-electron chi connectivity index (χ1n) is 4.72. The standard InChI is InChI=1S/C10H19NO3/c1-4-14-6-5-11(3)8-9(2)7-10(12)13/h7H,4-6,8H2,1-3H3,(H,12,13). The van der Waals surface area contributed by atoms with Crippen molar-refractivity contribution in [3.8, 4) is 0 Å². The first-order valence-corrected chi connectivity index (χ1v) is 4.72. The summed E-state index contributed by atoms with van der Waals surface area (Å²) in [5, 5.41) is 8.49. The molecule has 0 rings (SSSR count). The molecule has 4 nitrogen and oxygen atoms in total. The highest BCUT2D eigenvalue weighted by molar-refractivity contribution is 5.80. The molecular weight excluding hydrogens is 182 g/mol. The van der Waals surface area contributed by atoms with Crippen molar-refractivity contribution in [2.75, 3.05) is 33.4 Å². The smallest absolute Gasteiger partial charge is 0.328 e. The van der Waals surface area contributed by atoms with Gasteiger partial charge in [-0.25, -0.2) is 4.79 Å². The maximum absolute atomic E-state index is 10.3. The van der Waals surface area contributed by atoms with Crippen LogP contribution in [-0.4, -0.2) is 49.3 Å². The molecule has 1 N–H and O–H groups in total. The van der Waals surface area contributed by atoms with Crippen molar-refractivity contribution in [2.24, 2.45) is 0 Å². The van der Waals surface area contributed by atoms with E-state index in [9.17, 15) is 4.79 Å². The minimum absolute atomic E-state index is 0.666. The van der Waals surface area contributed by atoms with Crippen molar-refractivity contribution < 1.29 is 14.6 Å². The Morgan fingerprint density at radius 2 is 2.21 bits per heavy atom. The minimum Gasteiger partial charge on any atom is -0.478 e. The Labute approximate surface area is 85.2 Å². The van der Waals surface area contributed by atoms with Gasteiger partial charge in [0.15, 0.2) is 0 Å². The molecule has 0 radical (unpaired) electrons. The summed E-state index contributed by atoms with van der Waals surface area (Å²) in [7, 11) is 1.94. The maximum Gasteiger partial charge on any atom is 0.328 e. The van der Waals surface area contributed by atoms with E-state index in [2.05, 4.69) is 0 Å². The number of rotatable bonds is 7. The van der Waals surface area contributed by atoms with E-state index in [0.717, 1.165) is 18.7 Å². The third-order valence-corrected chi connectivity index (χ3v) is 1.71. The second-order valence-electron chi connectivity index (χ2n) is 3.26. The van der Waals surface area contributed by atoms with Crippen LogP contribution >= 0.6 is 0 Å². The Kier molecular flexibility index (Phi) is 7.06. The van der Waals surface area contributed by atoms with E-state index in [-0.39, 0.29) is 0 Å². The lowest BCUT2D eigenvalue weighted by Crippen LogP contribution is -2.25. The van der Waals surface area contributed by atoms with Crippen LogP contribution in [-0.2, 0) is 9.53 Å². The van der Waals surface area contributed by atoms with Crippen LogP contribution in [0.15, 0.2) is 11.6 Å². The van der Waals surface area contributed by atoms with Crippen LogP contribution in [0.1, 0.15) is 13.8 Å². The molecule has 0 aromatic heterocycles. The zero-order valence-corrected chi connectivity index (χ0v) is 9.12. The summed E-state index contributed by atoms with van der Waals surface area (Å²) in [6, 6.07) is 0. The lowest BCUT2D eigenvalue weighted by molar-refractivity contribution is -0.131. The highest BCUT2D eigenvalue weighted by Crippen LogP contribution is 1.95. The summed E-state index contributed by atoms with van der Waals surface area (Å²) in [6.45, 7) is 6.66. The van der Waals surface area contributed by atoms with Gasteiger partial charge < -0.3 is 14.7 Å². The van der Waals surface area contributed by atoms with Crippen LogP contribution in [0, 0.1) is 0 Å². The van der Waals surface area contributed by atoms with Crippen LogP contribution in [0.2, 0.25) is 0 Å². The number of carboxylic acids is 1. The third kappa shape index (κ3) is 7.76. The molecule has 0 aliphatic heterocycles. The number of hydrogen-bond donors (Lipinski definition) is 1. The molecule has 0 aliphatic rings. The average Bonchev–Trinajstić information content (AvgIpc) is 2.02. The first kappa shape index (κ1) is 13.1. The van der Waals surface area contributed by atoms with Gasteiger partial charge in [0.25, 0.3) is 0 Å². The van der Waals surface area contributed by atoms with E-state index in [4.69, 9.17) is 9.84 Å². The van der Waals surface area contributed by atoms with Gasteiger partial charge in [-0.1, -0.05) is 5.57 Å². The van der Waals surface area contributed by atoms with Crippen molar-refractivity contribution in [3.05, 3.63) is 11.6 Å². The van der Waals surface area contributed by atoms with E-state index in [1.807, 2.05) is 25.8 Å². The van der Waals surface area contributed by atoms with Gasteiger partial charge in [0, 0.05) is 25.8 Å². The van der Waals surface area contributed by atoms with E-state index in [0.29, 0.717) is 13.2 Å². The van der Waals surface area contributed by atoms with Crippen LogP contribution in [0.25, 0.3) is 0 Å². The SMILES string of the molecule is CCOCCN(C)CC(C)=CC(=O)O. The van der Waals surface area contributed by atoms with Gasteiger partial charge in [-0.2, -0.15) is 0 Å². The van der Waals surface area contributed by atoms with Gasteiger partial charge >= 0.3 is 5.97 Å². The van der Waals surface area contributed by atoms with Gasteiger partial charge in [-0.15, -0.1) is 0 Å². The molecule has 0 aliphatic carbocycles. The number of nitrogens with zero attached hydrogens (tertiary/aromatic N) is 1. The molecule has 0 spiro atoms. The molecule has 4 heteroatoms. The molecule has 0 aromatic carbocycles. The average molecular weight is 201 g/mol. The highest BCUT2D eigenvalue weighted by atomic mass is 16.5. The zero-order valence-electron chi connectivity index (χ0n) is 9.12. The monoisotopic (exact) mass is 201 g/mol. The summed E-state index contributed by atoms with van der Waals surface area (Å²) >= 11 is 0. The zero-order chi connectivity index (χ0) is 11.0. The number of likely N-dealkylation sites (N-methyl/N-ethyl adjacent to an activating group) is 1. The van der Waals surface area contributed by atoms with Gasteiger partial charge in [-0.05, 0) is 20.9 Å². The number of ether oxygens (including phenoxy) is 1. The Hall–Kier alpha value is -0.870. The Bertz CT molecular complexity index is 202. The van der Waals surface area contributed by atoms with E-state index in [1.165, 1.54) is 6.08 Å². The molecule has 0 unspecified atom stereocenters. The Morgan fingerprint density at radius 3 is 2.71 bits per heavy atom.